The van der Waals surface area contributed by atoms with Gasteiger partial charge in [-0.2, -0.15) is 0 Å². The summed E-state index contributed by atoms with van der Waals surface area (Å²) in [6.45, 7) is 2.59. The van der Waals surface area contributed by atoms with Gasteiger partial charge in [0.2, 0.25) is 10.0 Å². The van der Waals surface area contributed by atoms with Crippen LogP contribution in [0.25, 0.3) is 5.65 Å². The van der Waals surface area contributed by atoms with Crippen LogP contribution in [0.1, 0.15) is 21.6 Å². The molecule has 0 atom stereocenters. The molecule has 3 aromatic rings. The number of nitrogens with one attached hydrogen (secondary N) is 2. The standard InChI is InChI=1S/C20H24N4O4S/c1-15-6-7-17(29(26,27)22-10-12-28-2)13-18(15)20(25)21-9-8-16-14-24-11-4-3-5-19(24)23-16/h3-7,11,13-14,22H,8-10,12H2,1-2H3,(H,21,25). The van der Waals surface area contributed by atoms with Crippen molar-refractivity contribution in [1.29, 1.82) is 0 Å². The lowest BCUT2D eigenvalue weighted by Crippen LogP contribution is -2.29. The number of pyridine rings is 1. The van der Waals surface area contributed by atoms with Crippen LogP contribution in [-0.2, 0) is 21.2 Å². The number of methoxy groups -OCH3 is 1. The first-order valence-corrected chi connectivity index (χ1v) is 10.7. The van der Waals surface area contributed by atoms with Gasteiger partial charge in [0.05, 0.1) is 17.2 Å². The third-order valence-corrected chi connectivity index (χ3v) is 5.90. The Bertz CT molecular complexity index is 1080. The van der Waals surface area contributed by atoms with Gasteiger partial charge in [-0.05, 0) is 36.8 Å². The number of carbonyl (C=O) groups is 1. The summed E-state index contributed by atoms with van der Waals surface area (Å²) in [5.74, 6) is -0.319. The van der Waals surface area contributed by atoms with E-state index in [4.69, 9.17) is 4.74 Å². The van der Waals surface area contributed by atoms with E-state index in [1.165, 1.54) is 19.2 Å². The first-order chi connectivity index (χ1) is 13.9. The number of aryl methyl sites for hydroxylation is 1. The lowest BCUT2D eigenvalue weighted by molar-refractivity contribution is 0.0953. The summed E-state index contributed by atoms with van der Waals surface area (Å²) in [5.41, 5.74) is 2.75. The van der Waals surface area contributed by atoms with E-state index in [-0.39, 0.29) is 24.0 Å². The average molecular weight is 417 g/mol. The van der Waals surface area contributed by atoms with Crippen LogP contribution in [0, 0.1) is 6.92 Å². The second-order valence-electron chi connectivity index (χ2n) is 6.57. The Morgan fingerprint density at radius 2 is 2.03 bits per heavy atom. The Morgan fingerprint density at radius 3 is 2.79 bits per heavy atom. The zero-order valence-electron chi connectivity index (χ0n) is 16.4. The van der Waals surface area contributed by atoms with Crippen molar-refractivity contribution in [2.45, 2.75) is 18.2 Å². The predicted molar refractivity (Wildman–Crippen MR) is 109 cm³/mol. The van der Waals surface area contributed by atoms with Crippen LogP contribution >= 0.6 is 0 Å². The van der Waals surface area contributed by atoms with Crippen LogP contribution in [0.2, 0.25) is 0 Å². The third kappa shape index (κ3) is 5.20. The Balaban J connectivity index is 1.65. The Kier molecular flexibility index (Phi) is 6.63. The van der Waals surface area contributed by atoms with Gasteiger partial charge in [-0.15, -0.1) is 0 Å². The van der Waals surface area contributed by atoms with Crippen LogP contribution < -0.4 is 10.0 Å². The van der Waals surface area contributed by atoms with Gasteiger partial charge in [-0.3, -0.25) is 4.79 Å². The quantitative estimate of drug-likeness (QED) is 0.515. The number of ether oxygens (including phenoxy) is 1. The van der Waals surface area contributed by atoms with E-state index in [0.29, 0.717) is 24.1 Å². The van der Waals surface area contributed by atoms with E-state index in [2.05, 4.69) is 15.0 Å². The molecule has 0 spiro atoms. The molecule has 8 nitrogen and oxygen atoms in total. The smallest absolute Gasteiger partial charge is 0.251 e. The molecule has 29 heavy (non-hydrogen) atoms. The lowest BCUT2D eigenvalue weighted by Gasteiger charge is -2.11. The first-order valence-electron chi connectivity index (χ1n) is 9.21. The van der Waals surface area contributed by atoms with Crippen molar-refractivity contribution in [2.75, 3.05) is 26.8 Å². The van der Waals surface area contributed by atoms with Crippen molar-refractivity contribution in [1.82, 2.24) is 19.4 Å². The summed E-state index contributed by atoms with van der Waals surface area (Å²) >= 11 is 0. The lowest BCUT2D eigenvalue weighted by atomic mass is 10.1. The third-order valence-electron chi connectivity index (χ3n) is 4.44. The number of imidazole rings is 1. The van der Waals surface area contributed by atoms with Crippen LogP contribution in [0.4, 0.5) is 0 Å². The van der Waals surface area contributed by atoms with Gasteiger partial charge >= 0.3 is 0 Å². The van der Waals surface area contributed by atoms with Gasteiger partial charge in [0.1, 0.15) is 5.65 Å². The van der Waals surface area contributed by atoms with Gasteiger partial charge in [0.25, 0.3) is 5.91 Å². The highest BCUT2D eigenvalue weighted by atomic mass is 32.2. The van der Waals surface area contributed by atoms with Crippen molar-refractivity contribution in [3.63, 3.8) is 0 Å². The predicted octanol–water partition coefficient (Wildman–Crippen LogP) is 1.54. The fourth-order valence-corrected chi connectivity index (χ4v) is 3.92. The maximum absolute atomic E-state index is 12.6. The monoisotopic (exact) mass is 416 g/mol. The second kappa shape index (κ2) is 9.17. The molecule has 0 unspecified atom stereocenters. The maximum Gasteiger partial charge on any atom is 0.251 e. The van der Waals surface area contributed by atoms with Crippen LogP contribution in [0.15, 0.2) is 53.7 Å². The largest absolute Gasteiger partial charge is 0.383 e. The maximum atomic E-state index is 12.6. The SMILES string of the molecule is COCCNS(=O)(=O)c1ccc(C)c(C(=O)NCCc2cn3ccccc3n2)c1. The molecule has 0 saturated heterocycles. The number of amides is 1. The van der Waals surface area contributed by atoms with Crippen LogP contribution in [0.5, 0.6) is 0 Å². The van der Waals surface area contributed by atoms with Crippen LogP contribution in [-0.4, -0.2) is 50.5 Å². The summed E-state index contributed by atoms with van der Waals surface area (Å²) in [6, 6.07) is 10.3. The molecule has 2 aromatic heterocycles. The average Bonchev–Trinajstić information content (AvgIpc) is 3.11. The number of sulfonamides is 1. The van der Waals surface area contributed by atoms with Gasteiger partial charge in [-0.1, -0.05) is 12.1 Å². The number of carbonyl (C=O) groups excluding carboxylic acids is 1. The summed E-state index contributed by atoms with van der Waals surface area (Å²) in [5, 5.41) is 2.84. The van der Waals surface area contributed by atoms with Crippen molar-refractivity contribution >= 4 is 21.6 Å². The van der Waals surface area contributed by atoms with Crippen molar-refractivity contribution in [3.8, 4) is 0 Å². The van der Waals surface area contributed by atoms with Crippen molar-refractivity contribution in [3.05, 3.63) is 65.6 Å². The van der Waals surface area contributed by atoms with E-state index < -0.39 is 10.0 Å². The topological polar surface area (TPSA) is 102 Å². The zero-order valence-corrected chi connectivity index (χ0v) is 17.2. The molecule has 9 heteroatoms. The molecule has 0 saturated carbocycles. The molecular formula is C20H24N4O4S. The molecular weight excluding hydrogens is 392 g/mol. The number of benzene rings is 1. The van der Waals surface area contributed by atoms with E-state index in [1.807, 2.05) is 35.0 Å². The Labute approximate surface area is 170 Å². The Morgan fingerprint density at radius 1 is 1.21 bits per heavy atom. The minimum atomic E-state index is -3.71. The molecule has 0 aliphatic heterocycles. The van der Waals surface area contributed by atoms with Crippen molar-refractivity contribution < 1.29 is 17.9 Å². The van der Waals surface area contributed by atoms with Gasteiger partial charge in [-0.25, -0.2) is 18.1 Å². The van der Waals surface area contributed by atoms with E-state index >= 15 is 0 Å². The number of rotatable bonds is 9. The minimum absolute atomic E-state index is 0.0460. The number of hydrogen-bond donors (Lipinski definition) is 2. The van der Waals surface area contributed by atoms with E-state index in [9.17, 15) is 13.2 Å². The van der Waals surface area contributed by atoms with E-state index in [0.717, 1.165) is 11.3 Å². The number of nitrogens with zero attached hydrogens (tertiary/aromatic N) is 2. The second-order valence-corrected chi connectivity index (χ2v) is 8.34. The van der Waals surface area contributed by atoms with Gasteiger partial charge < -0.3 is 14.5 Å². The fourth-order valence-electron chi connectivity index (χ4n) is 2.88. The fraction of sp³-hybridized carbons (Fsp3) is 0.300. The molecule has 0 aliphatic carbocycles. The minimum Gasteiger partial charge on any atom is -0.383 e. The number of fused-ring (bicyclic) bond motifs is 1. The molecule has 1 amide bonds. The molecule has 2 heterocycles. The number of hydrogen-bond acceptors (Lipinski definition) is 5. The summed E-state index contributed by atoms with van der Waals surface area (Å²) < 4.78 is 34.0. The molecule has 154 valence electrons. The first kappa shape index (κ1) is 21.0. The summed E-state index contributed by atoms with van der Waals surface area (Å²) in [4.78, 5) is 17.1. The molecule has 0 fully saturated rings. The van der Waals surface area contributed by atoms with Crippen LogP contribution in [0.3, 0.4) is 0 Å². The Hall–Kier alpha value is -2.75. The highest BCUT2D eigenvalue weighted by Crippen LogP contribution is 2.16. The summed E-state index contributed by atoms with van der Waals surface area (Å²) in [6.07, 6.45) is 4.41. The highest BCUT2D eigenvalue weighted by Gasteiger charge is 2.17. The number of aromatic nitrogens is 2. The molecule has 3 rings (SSSR count). The van der Waals surface area contributed by atoms with E-state index in [1.54, 1.807) is 13.0 Å². The molecule has 0 aliphatic rings. The molecule has 2 N–H and O–H groups in total. The van der Waals surface area contributed by atoms with Crippen molar-refractivity contribution in [2.24, 2.45) is 0 Å². The molecule has 0 bridgehead atoms. The summed E-state index contributed by atoms with van der Waals surface area (Å²) in [7, 11) is -2.21. The molecule has 1 aromatic carbocycles. The normalized spacial score (nSPS) is 11.7. The van der Waals surface area contributed by atoms with Gasteiger partial charge in [0, 0.05) is 44.6 Å². The highest BCUT2D eigenvalue weighted by molar-refractivity contribution is 7.89. The zero-order chi connectivity index (χ0) is 20.9. The van der Waals surface area contributed by atoms with Gasteiger partial charge in [0.15, 0.2) is 0 Å². The molecule has 0 radical (unpaired) electrons.